The van der Waals surface area contributed by atoms with Crippen molar-refractivity contribution in [2.75, 3.05) is 19.7 Å². The van der Waals surface area contributed by atoms with E-state index in [-0.39, 0.29) is 18.1 Å². The first kappa shape index (κ1) is 25.7. The van der Waals surface area contributed by atoms with Gasteiger partial charge in [0.2, 0.25) is 0 Å². The number of imidazole rings is 1. The van der Waals surface area contributed by atoms with Gasteiger partial charge in [0.1, 0.15) is 10.8 Å². The molecule has 0 radical (unpaired) electrons. The molecule has 0 bridgehead atoms. The molecule has 0 spiro atoms. The van der Waals surface area contributed by atoms with Crippen LogP contribution in [0.5, 0.6) is 0 Å². The molecule has 6 nitrogen and oxygen atoms in total. The Morgan fingerprint density at radius 1 is 1.14 bits per heavy atom. The molecule has 0 aliphatic carbocycles. The van der Waals surface area contributed by atoms with Crippen molar-refractivity contribution >= 4 is 40.1 Å². The summed E-state index contributed by atoms with van der Waals surface area (Å²) in [6.45, 7) is 8.10. The summed E-state index contributed by atoms with van der Waals surface area (Å²) in [6.07, 6.45) is 4.33. The molecule has 1 atom stereocenters. The maximum atomic E-state index is 12.3. The van der Waals surface area contributed by atoms with E-state index in [1.54, 1.807) is 11.3 Å². The van der Waals surface area contributed by atoms with E-state index in [4.69, 9.17) is 21.3 Å². The number of hydrogen-bond donors (Lipinski definition) is 0. The number of thiazole rings is 1. The number of likely N-dealkylation sites (tertiary alicyclic amines) is 1. The highest BCUT2D eigenvalue weighted by Crippen LogP contribution is 2.37. The third-order valence-electron chi connectivity index (χ3n) is 6.97. The van der Waals surface area contributed by atoms with Gasteiger partial charge in [-0.05, 0) is 61.1 Å². The molecular weight excluding hydrogens is 504 g/mol. The van der Waals surface area contributed by atoms with Crippen molar-refractivity contribution in [1.82, 2.24) is 19.4 Å². The van der Waals surface area contributed by atoms with Crippen LogP contribution in [0.4, 0.5) is 4.79 Å². The molecule has 5 rings (SSSR count). The van der Waals surface area contributed by atoms with Crippen LogP contribution in [0.1, 0.15) is 67.5 Å². The smallest absolute Gasteiger partial charge is 0.409 e. The zero-order valence-electron chi connectivity index (χ0n) is 21.6. The minimum atomic E-state index is -0.213. The predicted octanol–water partition coefficient (Wildman–Crippen LogP) is 7.32. The lowest BCUT2D eigenvalue weighted by Gasteiger charge is -2.33. The van der Waals surface area contributed by atoms with E-state index in [9.17, 15) is 4.79 Å². The van der Waals surface area contributed by atoms with Crippen molar-refractivity contribution in [2.45, 2.75) is 52.0 Å². The molecule has 1 amide bonds. The van der Waals surface area contributed by atoms with Gasteiger partial charge >= 0.3 is 6.09 Å². The summed E-state index contributed by atoms with van der Waals surface area (Å²) in [5, 5.41) is 3.81. The number of aromatic nitrogens is 3. The third-order valence-corrected chi connectivity index (χ3v) is 8.06. The summed E-state index contributed by atoms with van der Waals surface area (Å²) in [5.41, 5.74) is 4.51. The summed E-state index contributed by atoms with van der Waals surface area (Å²) >= 11 is 7.87. The van der Waals surface area contributed by atoms with E-state index in [0.717, 1.165) is 51.7 Å². The van der Waals surface area contributed by atoms with Crippen molar-refractivity contribution in [3.8, 4) is 0 Å². The molecule has 2 aromatic carbocycles. The largest absolute Gasteiger partial charge is 0.450 e. The van der Waals surface area contributed by atoms with Gasteiger partial charge in [-0.2, -0.15) is 0 Å². The van der Waals surface area contributed by atoms with Gasteiger partial charge < -0.3 is 14.2 Å². The van der Waals surface area contributed by atoms with Gasteiger partial charge in [-0.1, -0.05) is 43.6 Å². The van der Waals surface area contributed by atoms with E-state index in [0.29, 0.717) is 25.6 Å². The third kappa shape index (κ3) is 5.53. The Balaban J connectivity index is 1.55. The number of nitrogens with zero attached hydrogens (tertiary/aromatic N) is 4. The van der Waals surface area contributed by atoms with E-state index < -0.39 is 0 Å². The molecule has 8 heteroatoms. The average molecular weight is 537 g/mol. The van der Waals surface area contributed by atoms with Gasteiger partial charge in [-0.15, -0.1) is 11.3 Å². The zero-order chi connectivity index (χ0) is 25.9. The Hall–Kier alpha value is -2.90. The fraction of sp³-hybridized carbons (Fsp3) is 0.414. The number of piperidine rings is 1. The number of carbonyl (C=O) groups is 1. The van der Waals surface area contributed by atoms with Crippen LogP contribution in [0.25, 0.3) is 11.0 Å². The maximum absolute atomic E-state index is 12.3. The van der Waals surface area contributed by atoms with Gasteiger partial charge in [0.05, 0.1) is 23.6 Å². The minimum absolute atomic E-state index is 0.0178. The molecule has 4 aromatic rings. The minimum Gasteiger partial charge on any atom is -0.450 e. The highest BCUT2D eigenvalue weighted by molar-refractivity contribution is 7.09. The number of halogens is 1. The van der Waals surface area contributed by atoms with Gasteiger partial charge in [0.25, 0.3) is 0 Å². The average Bonchev–Trinajstić information content (AvgIpc) is 3.53. The fourth-order valence-corrected chi connectivity index (χ4v) is 6.20. The van der Waals surface area contributed by atoms with Crippen LogP contribution in [0.3, 0.4) is 0 Å². The van der Waals surface area contributed by atoms with Crippen molar-refractivity contribution in [3.63, 3.8) is 0 Å². The number of carbonyl (C=O) groups excluding carboxylic acids is 1. The normalized spacial score (nSPS) is 15.4. The fourth-order valence-electron chi connectivity index (χ4n) is 5.29. The number of benzene rings is 2. The molecule has 3 heterocycles. The zero-order valence-corrected chi connectivity index (χ0v) is 23.1. The first-order valence-corrected chi connectivity index (χ1v) is 14.3. The van der Waals surface area contributed by atoms with Crippen LogP contribution >= 0.6 is 22.9 Å². The summed E-state index contributed by atoms with van der Waals surface area (Å²) < 4.78 is 7.68. The van der Waals surface area contributed by atoms with Crippen LogP contribution in [0, 0.1) is 5.92 Å². The quantitative estimate of drug-likeness (QED) is 0.248. The van der Waals surface area contributed by atoms with Gasteiger partial charge in [-0.25, -0.2) is 14.8 Å². The lowest BCUT2D eigenvalue weighted by Crippen LogP contribution is -2.39. The SMILES string of the molecule is CCOC(=O)N1CCC(n2c(CC(C)C)nc3ccc(C(c4ccc(Cl)cc4)c4nccs4)cc32)CC1. The molecule has 2 aromatic heterocycles. The molecular formula is C29H33ClN4O2S. The molecule has 194 valence electrons. The van der Waals surface area contributed by atoms with E-state index in [1.807, 2.05) is 35.5 Å². The Morgan fingerprint density at radius 3 is 2.51 bits per heavy atom. The van der Waals surface area contributed by atoms with Gasteiger partial charge in [0, 0.05) is 42.2 Å². The van der Waals surface area contributed by atoms with Crippen molar-refractivity contribution < 1.29 is 9.53 Å². The van der Waals surface area contributed by atoms with Crippen LogP contribution < -0.4 is 0 Å². The second kappa shape index (κ2) is 11.2. The molecule has 1 aliphatic heterocycles. The molecule has 1 aliphatic rings. The number of ether oxygens (including phenoxy) is 1. The number of rotatable bonds is 7. The van der Waals surface area contributed by atoms with E-state index >= 15 is 0 Å². The summed E-state index contributed by atoms with van der Waals surface area (Å²) in [4.78, 5) is 23.9. The number of fused-ring (bicyclic) bond motifs is 1. The highest BCUT2D eigenvalue weighted by Gasteiger charge is 2.28. The first-order valence-electron chi connectivity index (χ1n) is 13.0. The van der Waals surface area contributed by atoms with Crippen LogP contribution in [-0.2, 0) is 11.2 Å². The van der Waals surface area contributed by atoms with Crippen LogP contribution in [0.15, 0.2) is 54.0 Å². The molecule has 1 fully saturated rings. The molecule has 0 N–H and O–H groups in total. The monoisotopic (exact) mass is 536 g/mol. The lowest BCUT2D eigenvalue weighted by atomic mass is 9.91. The van der Waals surface area contributed by atoms with Gasteiger partial charge in [-0.3, -0.25) is 0 Å². The van der Waals surface area contributed by atoms with Crippen molar-refractivity contribution in [3.05, 3.63) is 81.0 Å². The second-order valence-electron chi connectivity index (χ2n) is 10.0. The lowest BCUT2D eigenvalue weighted by molar-refractivity contribution is 0.0927. The molecule has 0 saturated carbocycles. The van der Waals surface area contributed by atoms with Crippen molar-refractivity contribution in [2.24, 2.45) is 5.92 Å². The Kier molecular flexibility index (Phi) is 7.81. The molecule has 1 unspecified atom stereocenters. The Morgan fingerprint density at radius 2 is 1.86 bits per heavy atom. The molecule has 37 heavy (non-hydrogen) atoms. The van der Waals surface area contributed by atoms with E-state index in [1.165, 1.54) is 5.56 Å². The Labute approximate surface area is 227 Å². The standard InChI is InChI=1S/C29H33ClN4O2S/c1-4-36-29(35)33-14-11-23(12-15-33)34-25-18-21(7-10-24(25)32-26(34)17-19(2)3)27(28-31-13-16-37-28)20-5-8-22(30)9-6-20/h5-10,13,16,18-19,23,27H,4,11-12,14-15,17H2,1-3H3. The van der Waals surface area contributed by atoms with Gasteiger partial charge in [0.15, 0.2) is 0 Å². The highest BCUT2D eigenvalue weighted by atomic mass is 35.5. The predicted molar refractivity (Wildman–Crippen MR) is 150 cm³/mol. The summed E-state index contributed by atoms with van der Waals surface area (Å²) in [7, 11) is 0. The summed E-state index contributed by atoms with van der Waals surface area (Å²) in [5.74, 6) is 1.63. The van der Waals surface area contributed by atoms with Crippen LogP contribution in [-0.4, -0.2) is 45.2 Å². The topological polar surface area (TPSA) is 60.2 Å². The summed E-state index contributed by atoms with van der Waals surface area (Å²) in [6, 6.07) is 15.0. The maximum Gasteiger partial charge on any atom is 0.409 e. The Bertz CT molecular complexity index is 1340. The van der Waals surface area contributed by atoms with Crippen LogP contribution in [0.2, 0.25) is 5.02 Å². The first-order chi connectivity index (χ1) is 17.9. The number of hydrogen-bond acceptors (Lipinski definition) is 5. The number of amides is 1. The molecule has 1 saturated heterocycles. The second-order valence-corrected chi connectivity index (χ2v) is 11.4. The van der Waals surface area contributed by atoms with Crippen molar-refractivity contribution in [1.29, 1.82) is 0 Å². The van der Waals surface area contributed by atoms with E-state index in [2.05, 4.69) is 53.7 Å².